The van der Waals surface area contributed by atoms with Crippen molar-refractivity contribution in [3.05, 3.63) is 30.0 Å². The summed E-state index contributed by atoms with van der Waals surface area (Å²) in [6, 6.07) is 5.56. The fraction of sp³-hybridized carbons (Fsp3) is 0.444. The molecule has 0 saturated carbocycles. The molecule has 1 aliphatic heterocycles. The number of hydrogen-bond donors (Lipinski definition) is 1. The second-order valence-corrected chi connectivity index (χ2v) is 6.22. The first-order chi connectivity index (χ1) is 11.6. The van der Waals surface area contributed by atoms with E-state index in [0.29, 0.717) is 25.1 Å². The molecular formula is C18H21NO5. The molecule has 1 aromatic heterocycles. The summed E-state index contributed by atoms with van der Waals surface area (Å²) >= 11 is 0. The number of carboxylic acid groups (broad SMARTS) is 1. The lowest BCUT2D eigenvalue weighted by Gasteiger charge is -2.31. The first-order valence-corrected chi connectivity index (χ1v) is 8.10. The maximum absolute atomic E-state index is 12.5. The zero-order chi connectivity index (χ0) is 17.1. The molecule has 1 saturated heterocycles. The summed E-state index contributed by atoms with van der Waals surface area (Å²) in [6.07, 6.45) is 3.61. The standard InChI is InChI=1S/C18H21NO5/c1-23-14-2-3-15-13(11-24-16(15)10-14)9-17(20)19-6-4-12(5-7-19)8-18(21)22/h2-3,10-12H,4-9H2,1H3,(H,21,22). The number of carbonyl (C=O) groups excluding carboxylic acids is 1. The van der Waals surface area contributed by atoms with Gasteiger partial charge in [-0.15, -0.1) is 0 Å². The van der Waals surface area contributed by atoms with Gasteiger partial charge in [0.15, 0.2) is 0 Å². The molecule has 6 nitrogen and oxygen atoms in total. The number of carboxylic acids is 1. The van der Waals surface area contributed by atoms with Crippen molar-refractivity contribution in [3.8, 4) is 5.75 Å². The maximum Gasteiger partial charge on any atom is 0.303 e. The zero-order valence-corrected chi connectivity index (χ0v) is 13.7. The Balaban J connectivity index is 1.62. The number of piperidine rings is 1. The van der Waals surface area contributed by atoms with Crippen LogP contribution in [0.1, 0.15) is 24.8 Å². The number of aliphatic carboxylic acids is 1. The van der Waals surface area contributed by atoms with E-state index in [2.05, 4.69) is 0 Å². The molecule has 1 fully saturated rings. The van der Waals surface area contributed by atoms with E-state index in [0.717, 1.165) is 29.5 Å². The molecule has 6 heteroatoms. The Hall–Kier alpha value is -2.50. The predicted molar refractivity (Wildman–Crippen MR) is 88.0 cm³/mol. The number of nitrogens with zero attached hydrogens (tertiary/aromatic N) is 1. The SMILES string of the molecule is COc1ccc2c(CC(=O)N3CCC(CC(=O)O)CC3)coc2c1. The van der Waals surface area contributed by atoms with Crippen molar-refractivity contribution in [3.63, 3.8) is 0 Å². The molecule has 2 aromatic rings. The van der Waals surface area contributed by atoms with Gasteiger partial charge in [0.2, 0.25) is 5.91 Å². The zero-order valence-electron chi connectivity index (χ0n) is 13.7. The van der Waals surface area contributed by atoms with Gasteiger partial charge in [-0.25, -0.2) is 0 Å². The van der Waals surface area contributed by atoms with Crippen LogP contribution in [0.5, 0.6) is 5.75 Å². The molecule has 0 bridgehead atoms. The number of furan rings is 1. The van der Waals surface area contributed by atoms with Crippen LogP contribution < -0.4 is 4.74 Å². The molecule has 0 radical (unpaired) electrons. The highest BCUT2D eigenvalue weighted by atomic mass is 16.5. The van der Waals surface area contributed by atoms with E-state index in [1.165, 1.54) is 0 Å². The molecule has 128 valence electrons. The summed E-state index contributed by atoms with van der Waals surface area (Å²) in [6.45, 7) is 1.25. The molecule has 1 aromatic carbocycles. The molecule has 1 N–H and O–H groups in total. The van der Waals surface area contributed by atoms with Crippen LogP contribution in [0.25, 0.3) is 11.0 Å². The van der Waals surface area contributed by atoms with Gasteiger partial charge in [-0.05, 0) is 30.9 Å². The van der Waals surface area contributed by atoms with Crippen LogP contribution >= 0.6 is 0 Å². The third-order valence-electron chi connectivity index (χ3n) is 4.64. The van der Waals surface area contributed by atoms with Gasteiger partial charge in [-0.1, -0.05) is 0 Å². The second kappa shape index (κ2) is 6.95. The largest absolute Gasteiger partial charge is 0.497 e. The maximum atomic E-state index is 12.5. The summed E-state index contributed by atoms with van der Waals surface area (Å²) in [5.41, 5.74) is 1.57. The molecule has 0 spiro atoms. The van der Waals surface area contributed by atoms with Crippen LogP contribution in [-0.2, 0) is 16.0 Å². The van der Waals surface area contributed by atoms with Gasteiger partial charge in [0, 0.05) is 36.5 Å². The van der Waals surface area contributed by atoms with Crippen molar-refractivity contribution >= 4 is 22.8 Å². The lowest BCUT2D eigenvalue weighted by molar-refractivity contribution is -0.138. The quantitative estimate of drug-likeness (QED) is 0.911. The van der Waals surface area contributed by atoms with E-state index < -0.39 is 5.97 Å². The fourth-order valence-corrected chi connectivity index (χ4v) is 3.24. The van der Waals surface area contributed by atoms with Crippen molar-refractivity contribution in [1.82, 2.24) is 4.90 Å². The average molecular weight is 331 g/mol. The van der Waals surface area contributed by atoms with Crippen molar-refractivity contribution in [2.45, 2.75) is 25.7 Å². The minimum atomic E-state index is -0.764. The molecule has 3 rings (SSSR count). The number of rotatable bonds is 5. The predicted octanol–water partition coefficient (Wildman–Crippen LogP) is 2.70. The Kier molecular flexibility index (Phi) is 4.74. The molecule has 24 heavy (non-hydrogen) atoms. The van der Waals surface area contributed by atoms with Crippen LogP contribution in [0.4, 0.5) is 0 Å². The van der Waals surface area contributed by atoms with Crippen LogP contribution in [0.2, 0.25) is 0 Å². The van der Waals surface area contributed by atoms with E-state index in [9.17, 15) is 9.59 Å². The first-order valence-electron chi connectivity index (χ1n) is 8.10. The third-order valence-corrected chi connectivity index (χ3v) is 4.64. The lowest BCUT2D eigenvalue weighted by Crippen LogP contribution is -2.39. The van der Waals surface area contributed by atoms with Gasteiger partial charge in [0.1, 0.15) is 11.3 Å². The van der Waals surface area contributed by atoms with Crippen LogP contribution in [0, 0.1) is 5.92 Å². The van der Waals surface area contributed by atoms with Gasteiger partial charge in [0.05, 0.1) is 19.8 Å². The van der Waals surface area contributed by atoms with Crippen molar-refractivity contribution < 1.29 is 23.8 Å². The Morgan fingerprint density at radius 3 is 2.75 bits per heavy atom. The van der Waals surface area contributed by atoms with Gasteiger partial charge in [0.25, 0.3) is 0 Å². The van der Waals surface area contributed by atoms with Gasteiger partial charge >= 0.3 is 5.97 Å². The number of amides is 1. The second-order valence-electron chi connectivity index (χ2n) is 6.22. The minimum absolute atomic E-state index is 0.0577. The number of likely N-dealkylation sites (tertiary alicyclic amines) is 1. The summed E-state index contributed by atoms with van der Waals surface area (Å²) < 4.78 is 10.7. The van der Waals surface area contributed by atoms with Crippen molar-refractivity contribution in [2.24, 2.45) is 5.92 Å². The highest BCUT2D eigenvalue weighted by Gasteiger charge is 2.25. The van der Waals surface area contributed by atoms with Gasteiger partial charge < -0.3 is 19.2 Å². The minimum Gasteiger partial charge on any atom is -0.497 e. The van der Waals surface area contributed by atoms with Gasteiger partial charge in [-0.2, -0.15) is 0 Å². The molecular weight excluding hydrogens is 310 g/mol. The molecule has 0 aliphatic carbocycles. The Morgan fingerprint density at radius 2 is 2.08 bits per heavy atom. The van der Waals surface area contributed by atoms with Crippen molar-refractivity contribution in [2.75, 3.05) is 20.2 Å². The third kappa shape index (κ3) is 3.53. The molecule has 0 atom stereocenters. The van der Waals surface area contributed by atoms with E-state index in [4.69, 9.17) is 14.3 Å². The monoisotopic (exact) mass is 331 g/mol. The Bertz CT molecular complexity index is 743. The normalized spacial score (nSPS) is 15.6. The topological polar surface area (TPSA) is 80.0 Å². The number of hydrogen-bond acceptors (Lipinski definition) is 4. The fourth-order valence-electron chi connectivity index (χ4n) is 3.24. The summed E-state index contributed by atoms with van der Waals surface area (Å²) in [5.74, 6) is 0.186. The summed E-state index contributed by atoms with van der Waals surface area (Å²) in [7, 11) is 1.60. The number of ether oxygens (including phenoxy) is 1. The average Bonchev–Trinajstić information content (AvgIpc) is 2.97. The summed E-state index contributed by atoms with van der Waals surface area (Å²) in [4.78, 5) is 25.1. The first kappa shape index (κ1) is 16.4. The van der Waals surface area contributed by atoms with E-state index in [1.807, 2.05) is 17.0 Å². The number of fused-ring (bicyclic) bond motifs is 1. The highest BCUT2D eigenvalue weighted by molar-refractivity contribution is 5.88. The Labute approximate surface area is 140 Å². The summed E-state index contributed by atoms with van der Waals surface area (Å²) in [5, 5.41) is 9.77. The van der Waals surface area contributed by atoms with E-state index >= 15 is 0 Å². The van der Waals surface area contributed by atoms with Crippen LogP contribution in [0.3, 0.4) is 0 Å². The highest BCUT2D eigenvalue weighted by Crippen LogP contribution is 2.27. The van der Waals surface area contributed by atoms with E-state index in [1.54, 1.807) is 19.4 Å². The Morgan fingerprint density at radius 1 is 1.33 bits per heavy atom. The number of benzene rings is 1. The van der Waals surface area contributed by atoms with Gasteiger partial charge in [-0.3, -0.25) is 9.59 Å². The lowest BCUT2D eigenvalue weighted by atomic mass is 9.93. The van der Waals surface area contributed by atoms with Crippen LogP contribution in [-0.4, -0.2) is 42.1 Å². The molecule has 1 aliphatic rings. The molecule has 0 unspecified atom stereocenters. The smallest absolute Gasteiger partial charge is 0.303 e. The van der Waals surface area contributed by atoms with E-state index in [-0.39, 0.29) is 18.2 Å². The molecule has 2 heterocycles. The van der Waals surface area contributed by atoms with Crippen molar-refractivity contribution in [1.29, 1.82) is 0 Å². The number of carbonyl (C=O) groups is 2. The number of methoxy groups -OCH3 is 1. The molecule has 1 amide bonds. The van der Waals surface area contributed by atoms with Crippen LogP contribution in [0.15, 0.2) is 28.9 Å².